The molecule has 4 fully saturated rings. The molecule has 1 spiro atoms. The summed E-state index contributed by atoms with van der Waals surface area (Å²) in [6, 6.07) is 13.4. The van der Waals surface area contributed by atoms with Gasteiger partial charge in [0.1, 0.15) is 6.04 Å². The molecule has 3 N–H and O–H groups in total. The van der Waals surface area contributed by atoms with Crippen LogP contribution >= 0.6 is 0 Å². The number of anilines is 3. The molecule has 1 unspecified atom stereocenters. The van der Waals surface area contributed by atoms with Crippen LogP contribution in [0.2, 0.25) is 0 Å². The summed E-state index contributed by atoms with van der Waals surface area (Å²) in [5.74, 6) is -1.86. The van der Waals surface area contributed by atoms with E-state index in [9.17, 15) is 19.2 Å². The van der Waals surface area contributed by atoms with Crippen LogP contribution in [0, 0.1) is 5.41 Å². The predicted octanol–water partition coefficient (Wildman–Crippen LogP) is 2.63. The molecule has 0 saturated carbocycles. The van der Waals surface area contributed by atoms with Gasteiger partial charge in [0.05, 0.1) is 11.1 Å². The Kier molecular flexibility index (Phi) is 6.68. The molecule has 0 aromatic heterocycles. The Hall–Kier alpha value is -3.92. The molecule has 10 heteroatoms. The first kappa shape index (κ1) is 26.9. The topological polar surface area (TPSA) is 119 Å². The minimum absolute atomic E-state index is 0.116. The third-order valence-electron chi connectivity index (χ3n) is 10.3. The standard InChI is InChI=1S/C32H38N6O4/c33-21-1-3-22(4-2-21)35-14-9-23(10-15-35)37-18-13-32(20-37)11-16-36(17-12-32)24-5-6-25-26(19-24)31(42)38(30(25)41)27-7-8-28(39)34-29(27)40/h1-6,19,23,27H,7-18,20,33H2,(H,34,39,40). The predicted molar refractivity (Wildman–Crippen MR) is 159 cm³/mol. The van der Waals surface area contributed by atoms with Crippen molar-refractivity contribution in [1.29, 1.82) is 0 Å². The van der Waals surface area contributed by atoms with E-state index in [0.29, 0.717) is 22.6 Å². The third-order valence-corrected chi connectivity index (χ3v) is 10.3. The average molecular weight is 571 g/mol. The number of nitrogens with zero attached hydrogens (tertiary/aromatic N) is 4. The normalized spacial score (nSPS) is 25.0. The Balaban J connectivity index is 0.954. The number of hydrogen-bond acceptors (Lipinski definition) is 8. The van der Waals surface area contributed by atoms with Gasteiger partial charge < -0.3 is 15.5 Å². The van der Waals surface area contributed by atoms with E-state index in [2.05, 4.69) is 32.1 Å². The molecule has 5 aliphatic heterocycles. The maximum atomic E-state index is 13.3. The second kappa shape index (κ2) is 10.4. The number of rotatable bonds is 4. The van der Waals surface area contributed by atoms with Crippen LogP contribution in [0.3, 0.4) is 0 Å². The molecule has 0 aliphatic carbocycles. The Morgan fingerprint density at radius 1 is 0.738 bits per heavy atom. The second-order valence-corrected chi connectivity index (χ2v) is 12.7. The zero-order chi connectivity index (χ0) is 29.0. The maximum Gasteiger partial charge on any atom is 0.262 e. The van der Waals surface area contributed by atoms with Crippen LogP contribution in [0.5, 0.6) is 0 Å². The highest BCUT2D eigenvalue weighted by molar-refractivity contribution is 6.23. The number of carbonyl (C=O) groups is 4. The molecule has 2 aromatic rings. The SMILES string of the molecule is Nc1ccc(N2CCC(N3CCC4(CCN(c5ccc6c(c5)C(=O)N(C5CCC(=O)NC5=O)C6=O)CC4)C3)CC2)cc1. The van der Waals surface area contributed by atoms with E-state index in [1.54, 1.807) is 6.07 Å². The van der Waals surface area contributed by atoms with Crippen LogP contribution in [-0.2, 0) is 9.59 Å². The van der Waals surface area contributed by atoms with Crippen molar-refractivity contribution in [3.05, 3.63) is 53.6 Å². The number of imide groups is 2. The lowest BCUT2D eigenvalue weighted by Gasteiger charge is -2.42. The highest BCUT2D eigenvalue weighted by atomic mass is 16.2. The van der Waals surface area contributed by atoms with Gasteiger partial charge in [-0.05, 0) is 92.9 Å². The zero-order valence-electron chi connectivity index (χ0n) is 23.9. The van der Waals surface area contributed by atoms with Gasteiger partial charge in [-0.25, -0.2) is 0 Å². The summed E-state index contributed by atoms with van der Waals surface area (Å²) in [6.07, 6.45) is 6.10. The van der Waals surface area contributed by atoms with E-state index < -0.39 is 23.8 Å². The molecule has 5 aliphatic rings. The zero-order valence-corrected chi connectivity index (χ0v) is 23.9. The van der Waals surface area contributed by atoms with Crippen LogP contribution in [-0.4, -0.2) is 84.8 Å². The van der Waals surface area contributed by atoms with Gasteiger partial charge in [0.25, 0.3) is 11.8 Å². The summed E-state index contributed by atoms with van der Waals surface area (Å²) >= 11 is 0. The monoisotopic (exact) mass is 570 g/mol. The number of hydrogen-bond donors (Lipinski definition) is 2. The average Bonchev–Trinajstić information content (AvgIpc) is 3.52. The van der Waals surface area contributed by atoms with E-state index >= 15 is 0 Å². The first-order valence-corrected chi connectivity index (χ1v) is 15.3. The molecule has 2 aromatic carbocycles. The van der Waals surface area contributed by atoms with E-state index in [-0.39, 0.29) is 18.7 Å². The number of amides is 4. The van der Waals surface area contributed by atoms with Crippen molar-refractivity contribution in [2.75, 3.05) is 54.8 Å². The number of likely N-dealkylation sites (tertiary alicyclic amines) is 1. The minimum Gasteiger partial charge on any atom is -0.399 e. The lowest BCUT2D eigenvalue weighted by Crippen LogP contribution is -2.54. The first-order valence-electron chi connectivity index (χ1n) is 15.3. The molecular formula is C32H38N6O4. The van der Waals surface area contributed by atoms with Gasteiger partial charge >= 0.3 is 0 Å². The van der Waals surface area contributed by atoms with Gasteiger partial charge in [-0.1, -0.05) is 0 Å². The van der Waals surface area contributed by atoms with Gasteiger partial charge in [-0.2, -0.15) is 0 Å². The number of benzene rings is 2. The highest BCUT2D eigenvalue weighted by Gasteiger charge is 2.46. The van der Waals surface area contributed by atoms with Crippen molar-refractivity contribution in [2.45, 2.75) is 57.0 Å². The maximum absolute atomic E-state index is 13.3. The third kappa shape index (κ3) is 4.71. The highest BCUT2D eigenvalue weighted by Crippen LogP contribution is 2.43. The molecule has 0 bridgehead atoms. The van der Waals surface area contributed by atoms with Gasteiger partial charge in [-0.3, -0.25) is 34.3 Å². The number of fused-ring (bicyclic) bond motifs is 1. The summed E-state index contributed by atoms with van der Waals surface area (Å²) < 4.78 is 0. The second-order valence-electron chi connectivity index (χ2n) is 12.7. The smallest absolute Gasteiger partial charge is 0.262 e. The van der Waals surface area contributed by atoms with E-state index in [4.69, 9.17) is 5.73 Å². The Bertz CT molecular complexity index is 1420. The van der Waals surface area contributed by atoms with Gasteiger partial charge in [0, 0.05) is 62.2 Å². The molecule has 4 amide bonds. The fourth-order valence-corrected chi connectivity index (χ4v) is 7.76. The first-order chi connectivity index (χ1) is 20.3. The van der Waals surface area contributed by atoms with Crippen molar-refractivity contribution in [3.63, 3.8) is 0 Å². The molecule has 0 radical (unpaired) electrons. The molecule has 5 heterocycles. The number of nitrogen functional groups attached to an aromatic ring is 1. The summed E-state index contributed by atoms with van der Waals surface area (Å²) in [4.78, 5) is 58.9. The lowest BCUT2D eigenvalue weighted by molar-refractivity contribution is -0.136. The van der Waals surface area contributed by atoms with Crippen LogP contribution in [0.25, 0.3) is 0 Å². The number of carbonyl (C=O) groups excluding carboxylic acids is 4. The fraction of sp³-hybridized carbons (Fsp3) is 0.500. The molecular weight excluding hydrogens is 532 g/mol. The van der Waals surface area contributed by atoms with Crippen molar-refractivity contribution in [3.8, 4) is 0 Å². The Labute approximate surface area is 245 Å². The Morgan fingerprint density at radius 2 is 1.38 bits per heavy atom. The lowest BCUT2D eigenvalue weighted by atomic mass is 9.77. The quantitative estimate of drug-likeness (QED) is 0.426. The van der Waals surface area contributed by atoms with E-state index in [1.807, 2.05) is 24.3 Å². The van der Waals surface area contributed by atoms with Gasteiger partial charge in [0.15, 0.2) is 0 Å². The number of nitrogens with two attached hydrogens (primary N) is 1. The van der Waals surface area contributed by atoms with E-state index in [0.717, 1.165) is 68.4 Å². The molecule has 42 heavy (non-hydrogen) atoms. The Morgan fingerprint density at radius 3 is 2.10 bits per heavy atom. The summed E-state index contributed by atoms with van der Waals surface area (Å²) in [5.41, 5.74) is 9.89. The number of nitrogens with one attached hydrogen (secondary N) is 1. The van der Waals surface area contributed by atoms with Crippen molar-refractivity contribution < 1.29 is 19.2 Å². The van der Waals surface area contributed by atoms with Crippen LogP contribution in [0.15, 0.2) is 42.5 Å². The number of piperidine rings is 3. The molecule has 1 atom stereocenters. The largest absolute Gasteiger partial charge is 0.399 e. The van der Waals surface area contributed by atoms with Crippen LogP contribution < -0.4 is 20.9 Å². The van der Waals surface area contributed by atoms with E-state index in [1.165, 1.54) is 24.9 Å². The van der Waals surface area contributed by atoms with Gasteiger partial charge in [0.2, 0.25) is 11.8 Å². The van der Waals surface area contributed by atoms with Crippen molar-refractivity contribution in [1.82, 2.24) is 15.1 Å². The summed E-state index contributed by atoms with van der Waals surface area (Å²) in [7, 11) is 0. The molecule has 4 saturated heterocycles. The summed E-state index contributed by atoms with van der Waals surface area (Å²) in [6.45, 7) is 6.31. The van der Waals surface area contributed by atoms with Crippen molar-refractivity contribution >= 4 is 40.7 Å². The molecule has 10 nitrogen and oxygen atoms in total. The fourth-order valence-electron chi connectivity index (χ4n) is 7.76. The summed E-state index contributed by atoms with van der Waals surface area (Å²) in [5, 5.41) is 2.25. The van der Waals surface area contributed by atoms with Crippen LogP contribution in [0.4, 0.5) is 17.1 Å². The molecule has 7 rings (SSSR count). The molecule has 220 valence electrons. The van der Waals surface area contributed by atoms with Gasteiger partial charge in [-0.15, -0.1) is 0 Å². The van der Waals surface area contributed by atoms with Crippen LogP contribution in [0.1, 0.15) is 65.7 Å². The van der Waals surface area contributed by atoms with Crippen molar-refractivity contribution in [2.24, 2.45) is 5.41 Å². The minimum atomic E-state index is -0.941.